The average Bonchev–Trinajstić information content (AvgIpc) is 2.97. The van der Waals surface area contributed by atoms with Crippen molar-refractivity contribution in [3.63, 3.8) is 0 Å². The Kier molecular flexibility index (Phi) is 3.87. The lowest BCUT2D eigenvalue weighted by molar-refractivity contribution is -0.0353. The quantitative estimate of drug-likeness (QED) is 0.870. The number of thiazole rings is 1. The van der Waals surface area contributed by atoms with E-state index in [1.165, 1.54) is 0 Å². The molecule has 0 aromatic carbocycles. The maximum atomic E-state index is 5.83. The third kappa shape index (κ3) is 2.92. The number of aryl methyl sites for hydroxylation is 3. The van der Waals surface area contributed by atoms with E-state index in [0.717, 1.165) is 54.3 Å². The molecule has 2 aromatic rings. The van der Waals surface area contributed by atoms with Crippen LogP contribution in [0.15, 0.2) is 9.80 Å². The Hall–Kier alpha value is -1.24. The Morgan fingerprint density at radius 3 is 2.85 bits per heavy atom. The largest absolute Gasteiger partial charge is 0.444 e. The molecule has 1 unspecified atom stereocenters. The molecular weight excluding hydrogens is 274 g/mol. The summed E-state index contributed by atoms with van der Waals surface area (Å²) in [6.45, 7) is 9.14. The molecule has 0 aliphatic carbocycles. The van der Waals surface area contributed by atoms with Gasteiger partial charge in [-0.05, 0) is 20.8 Å². The molecule has 1 fully saturated rings. The Bertz CT molecular complexity index is 574. The monoisotopic (exact) mass is 293 g/mol. The molecule has 0 amide bonds. The van der Waals surface area contributed by atoms with Gasteiger partial charge in [0, 0.05) is 24.2 Å². The van der Waals surface area contributed by atoms with Gasteiger partial charge in [0.15, 0.2) is 0 Å². The SMILES string of the molecule is Cc1csc(C2CN(Cc3nc(C)c(C)o3)CCO2)n1. The number of hydrogen-bond acceptors (Lipinski definition) is 6. The third-order valence-electron chi connectivity index (χ3n) is 3.49. The van der Waals surface area contributed by atoms with Crippen LogP contribution in [0.5, 0.6) is 0 Å². The highest BCUT2D eigenvalue weighted by Gasteiger charge is 2.25. The molecule has 1 saturated heterocycles. The van der Waals surface area contributed by atoms with E-state index < -0.39 is 0 Å². The minimum Gasteiger partial charge on any atom is -0.444 e. The molecule has 20 heavy (non-hydrogen) atoms. The second-order valence-corrected chi connectivity index (χ2v) is 6.06. The Morgan fingerprint density at radius 2 is 2.20 bits per heavy atom. The number of morpholine rings is 1. The summed E-state index contributed by atoms with van der Waals surface area (Å²) in [4.78, 5) is 11.3. The van der Waals surface area contributed by atoms with Crippen molar-refractivity contribution in [2.75, 3.05) is 19.7 Å². The van der Waals surface area contributed by atoms with Crippen LogP contribution in [0.25, 0.3) is 0 Å². The van der Waals surface area contributed by atoms with Gasteiger partial charge in [-0.1, -0.05) is 0 Å². The highest BCUT2D eigenvalue weighted by Crippen LogP contribution is 2.26. The lowest BCUT2D eigenvalue weighted by Gasteiger charge is -2.30. The van der Waals surface area contributed by atoms with Gasteiger partial charge in [0.25, 0.3) is 0 Å². The first-order chi connectivity index (χ1) is 9.61. The van der Waals surface area contributed by atoms with Crippen LogP contribution >= 0.6 is 11.3 Å². The van der Waals surface area contributed by atoms with Crippen LogP contribution in [0.4, 0.5) is 0 Å². The standard InChI is InChI=1S/C14H19N3O2S/c1-9-8-20-14(15-9)12-6-17(4-5-18-12)7-13-16-10(2)11(3)19-13/h8,12H,4-7H2,1-3H3. The van der Waals surface area contributed by atoms with Crippen molar-refractivity contribution >= 4 is 11.3 Å². The van der Waals surface area contributed by atoms with Crippen molar-refractivity contribution in [3.8, 4) is 0 Å². The summed E-state index contributed by atoms with van der Waals surface area (Å²) < 4.78 is 11.5. The predicted molar refractivity (Wildman–Crippen MR) is 76.8 cm³/mol. The molecule has 0 bridgehead atoms. The summed E-state index contributed by atoms with van der Waals surface area (Å²) >= 11 is 1.67. The molecule has 1 atom stereocenters. The van der Waals surface area contributed by atoms with E-state index in [1.54, 1.807) is 11.3 Å². The number of ether oxygens (including phenoxy) is 1. The van der Waals surface area contributed by atoms with Gasteiger partial charge < -0.3 is 9.15 Å². The van der Waals surface area contributed by atoms with E-state index in [4.69, 9.17) is 9.15 Å². The molecule has 1 aliphatic heterocycles. The third-order valence-corrected chi connectivity index (χ3v) is 4.55. The van der Waals surface area contributed by atoms with Crippen molar-refractivity contribution in [2.45, 2.75) is 33.4 Å². The van der Waals surface area contributed by atoms with Gasteiger partial charge in [-0.3, -0.25) is 4.90 Å². The molecule has 5 nitrogen and oxygen atoms in total. The van der Waals surface area contributed by atoms with Crippen LogP contribution in [-0.2, 0) is 11.3 Å². The highest BCUT2D eigenvalue weighted by molar-refractivity contribution is 7.09. The van der Waals surface area contributed by atoms with Crippen molar-refractivity contribution in [1.82, 2.24) is 14.9 Å². The molecular formula is C14H19N3O2S. The van der Waals surface area contributed by atoms with E-state index in [0.29, 0.717) is 0 Å². The fourth-order valence-electron chi connectivity index (χ4n) is 2.31. The first-order valence-corrected chi connectivity index (χ1v) is 7.68. The van der Waals surface area contributed by atoms with Crippen molar-refractivity contribution in [1.29, 1.82) is 0 Å². The van der Waals surface area contributed by atoms with E-state index in [1.807, 2.05) is 20.8 Å². The minimum atomic E-state index is 0.0691. The predicted octanol–water partition coefficient (Wildman–Crippen LogP) is 2.63. The second-order valence-electron chi connectivity index (χ2n) is 5.17. The number of oxazole rings is 1. The lowest BCUT2D eigenvalue weighted by atomic mass is 10.3. The van der Waals surface area contributed by atoms with Crippen molar-refractivity contribution in [3.05, 3.63) is 33.4 Å². The summed E-state index contributed by atoms with van der Waals surface area (Å²) in [5.41, 5.74) is 2.03. The highest BCUT2D eigenvalue weighted by atomic mass is 32.1. The summed E-state index contributed by atoms with van der Waals surface area (Å²) in [6, 6.07) is 0. The van der Waals surface area contributed by atoms with Gasteiger partial charge in [0.2, 0.25) is 5.89 Å². The van der Waals surface area contributed by atoms with Crippen molar-refractivity contribution < 1.29 is 9.15 Å². The molecule has 3 heterocycles. The fourth-order valence-corrected chi connectivity index (χ4v) is 3.15. The zero-order valence-electron chi connectivity index (χ0n) is 12.0. The van der Waals surface area contributed by atoms with Crippen LogP contribution in [0.2, 0.25) is 0 Å². The topological polar surface area (TPSA) is 51.4 Å². The van der Waals surface area contributed by atoms with Crippen molar-refractivity contribution in [2.24, 2.45) is 0 Å². The Balaban J connectivity index is 1.66. The van der Waals surface area contributed by atoms with E-state index in [2.05, 4.69) is 20.2 Å². The van der Waals surface area contributed by atoms with Gasteiger partial charge in [0.05, 0.1) is 18.8 Å². The maximum Gasteiger partial charge on any atom is 0.208 e. The van der Waals surface area contributed by atoms with Gasteiger partial charge >= 0.3 is 0 Å². The molecule has 1 aliphatic rings. The molecule has 0 spiro atoms. The summed E-state index contributed by atoms with van der Waals surface area (Å²) in [5, 5.41) is 3.13. The van der Waals surface area contributed by atoms with Crippen LogP contribution in [-0.4, -0.2) is 34.6 Å². The molecule has 0 N–H and O–H groups in total. The van der Waals surface area contributed by atoms with Crippen LogP contribution in [0, 0.1) is 20.8 Å². The van der Waals surface area contributed by atoms with Crippen LogP contribution in [0.1, 0.15) is 34.2 Å². The Labute approximate surface area is 122 Å². The van der Waals surface area contributed by atoms with E-state index in [9.17, 15) is 0 Å². The fraction of sp³-hybridized carbons (Fsp3) is 0.571. The van der Waals surface area contributed by atoms with E-state index >= 15 is 0 Å². The normalized spacial score (nSPS) is 20.4. The first kappa shape index (κ1) is 13.7. The number of nitrogens with zero attached hydrogens (tertiary/aromatic N) is 3. The summed E-state index contributed by atoms with van der Waals surface area (Å²) in [6.07, 6.45) is 0.0691. The minimum absolute atomic E-state index is 0.0691. The van der Waals surface area contributed by atoms with Crippen LogP contribution < -0.4 is 0 Å². The molecule has 108 valence electrons. The summed E-state index contributed by atoms with van der Waals surface area (Å²) in [7, 11) is 0. The molecule has 0 saturated carbocycles. The zero-order valence-corrected chi connectivity index (χ0v) is 12.9. The molecule has 0 radical (unpaired) electrons. The number of rotatable bonds is 3. The number of hydrogen-bond donors (Lipinski definition) is 0. The van der Waals surface area contributed by atoms with E-state index in [-0.39, 0.29) is 6.10 Å². The molecule has 6 heteroatoms. The maximum absolute atomic E-state index is 5.83. The van der Waals surface area contributed by atoms with Crippen LogP contribution in [0.3, 0.4) is 0 Å². The smallest absolute Gasteiger partial charge is 0.208 e. The van der Waals surface area contributed by atoms with Gasteiger partial charge in [0.1, 0.15) is 16.9 Å². The average molecular weight is 293 g/mol. The zero-order chi connectivity index (χ0) is 14.1. The first-order valence-electron chi connectivity index (χ1n) is 6.80. The van der Waals surface area contributed by atoms with Gasteiger partial charge in [-0.25, -0.2) is 9.97 Å². The number of aromatic nitrogens is 2. The van der Waals surface area contributed by atoms with Gasteiger partial charge in [-0.2, -0.15) is 0 Å². The summed E-state index contributed by atoms with van der Waals surface area (Å²) in [5.74, 6) is 1.69. The van der Waals surface area contributed by atoms with Gasteiger partial charge in [-0.15, -0.1) is 11.3 Å². The lowest BCUT2D eigenvalue weighted by Crippen LogP contribution is -2.37. The second kappa shape index (κ2) is 5.63. The molecule has 3 rings (SSSR count). The Morgan fingerprint density at radius 1 is 1.35 bits per heavy atom. The molecule has 2 aromatic heterocycles.